The van der Waals surface area contributed by atoms with Crippen LogP contribution in [-0.4, -0.2) is 23.4 Å². The summed E-state index contributed by atoms with van der Waals surface area (Å²) in [5, 5.41) is 0.518. The van der Waals surface area contributed by atoms with E-state index in [1.54, 1.807) is 18.2 Å². The SMILES string of the molecule is CC(C)CN(C(=O)c1cc(N)cc(Cl)c1)C1CCCC1. The Labute approximate surface area is 126 Å². The van der Waals surface area contributed by atoms with Crippen LogP contribution in [0, 0.1) is 5.92 Å². The summed E-state index contributed by atoms with van der Waals surface area (Å²) in [6.07, 6.45) is 4.64. The molecule has 20 heavy (non-hydrogen) atoms. The summed E-state index contributed by atoms with van der Waals surface area (Å²) in [6, 6.07) is 5.46. The number of anilines is 1. The molecule has 0 aliphatic heterocycles. The molecule has 1 aliphatic carbocycles. The van der Waals surface area contributed by atoms with Gasteiger partial charge < -0.3 is 10.6 Å². The van der Waals surface area contributed by atoms with Crippen molar-refractivity contribution in [1.29, 1.82) is 0 Å². The maximum absolute atomic E-state index is 12.8. The lowest BCUT2D eigenvalue weighted by Crippen LogP contribution is -2.41. The number of nitrogen functional groups attached to an aromatic ring is 1. The minimum absolute atomic E-state index is 0.0554. The van der Waals surface area contributed by atoms with E-state index < -0.39 is 0 Å². The Kier molecular flexibility index (Phi) is 4.92. The monoisotopic (exact) mass is 294 g/mol. The first-order valence-electron chi connectivity index (χ1n) is 7.34. The summed E-state index contributed by atoms with van der Waals surface area (Å²) < 4.78 is 0. The third kappa shape index (κ3) is 3.66. The molecule has 2 rings (SSSR count). The molecule has 0 aromatic heterocycles. The number of halogens is 1. The van der Waals surface area contributed by atoms with Crippen LogP contribution in [0.4, 0.5) is 5.69 Å². The first kappa shape index (κ1) is 15.2. The van der Waals surface area contributed by atoms with Crippen molar-refractivity contribution in [2.24, 2.45) is 5.92 Å². The van der Waals surface area contributed by atoms with Crippen LogP contribution in [0.25, 0.3) is 0 Å². The number of benzene rings is 1. The van der Waals surface area contributed by atoms with Gasteiger partial charge in [-0.2, -0.15) is 0 Å². The maximum Gasteiger partial charge on any atom is 0.254 e. The van der Waals surface area contributed by atoms with Gasteiger partial charge in [0, 0.05) is 28.9 Å². The molecule has 1 amide bonds. The van der Waals surface area contributed by atoms with Crippen LogP contribution in [-0.2, 0) is 0 Å². The molecule has 4 heteroatoms. The average Bonchev–Trinajstić information content (AvgIpc) is 2.87. The first-order valence-corrected chi connectivity index (χ1v) is 7.72. The number of carbonyl (C=O) groups is 1. The zero-order valence-electron chi connectivity index (χ0n) is 12.2. The highest BCUT2D eigenvalue weighted by molar-refractivity contribution is 6.31. The first-order chi connectivity index (χ1) is 9.47. The van der Waals surface area contributed by atoms with Gasteiger partial charge >= 0.3 is 0 Å². The van der Waals surface area contributed by atoms with E-state index in [9.17, 15) is 4.79 Å². The maximum atomic E-state index is 12.8. The van der Waals surface area contributed by atoms with Crippen molar-refractivity contribution < 1.29 is 4.79 Å². The molecule has 1 aromatic rings. The Morgan fingerprint density at radius 1 is 1.35 bits per heavy atom. The summed E-state index contributed by atoms with van der Waals surface area (Å²) in [5.41, 5.74) is 6.94. The number of hydrogen-bond donors (Lipinski definition) is 1. The molecule has 3 nitrogen and oxygen atoms in total. The lowest BCUT2D eigenvalue weighted by atomic mass is 10.1. The van der Waals surface area contributed by atoms with Gasteiger partial charge in [-0.3, -0.25) is 4.79 Å². The second-order valence-corrected chi connectivity index (χ2v) is 6.50. The van der Waals surface area contributed by atoms with Crippen molar-refractivity contribution in [3.8, 4) is 0 Å². The van der Waals surface area contributed by atoms with Crippen LogP contribution in [0.1, 0.15) is 49.9 Å². The highest BCUT2D eigenvalue weighted by atomic mass is 35.5. The molecule has 1 aliphatic rings. The van der Waals surface area contributed by atoms with Gasteiger partial charge in [0.25, 0.3) is 5.91 Å². The van der Waals surface area contributed by atoms with Crippen molar-refractivity contribution in [2.75, 3.05) is 12.3 Å². The minimum Gasteiger partial charge on any atom is -0.399 e. The fraction of sp³-hybridized carbons (Fsp3) is 0.562. The highest BCUT2D eigenvalue weighted by Crippen LogP contribution is 2.27. The fourth-order valence-corrected chi connectivity index (χ4v) is 3.15. The molecule has 2 N–H and O–H groups in total. The average molecular weight is 295 g/mol. The van der Waals surface area contributed by atoms with E-state index in [0.29, 0.717) is 28.2 Å². The Morgan fingerprint density at radius 2 is 2.00 bits per heavy atom. The molecule has 0 heterocycles. The lowest BCUT2D eigenvalue weighted by molar-refractivity contribution is 0.0655. The van der Waals surface area contributed by atoms with E-state index >= 15 is 0 Å². The summed E-state index contributed by atoms with van der Waals surface area (Å²) in [5.74, 6) is 0.510. The molecule has 1 saturated carbocycles. The van der Waals surface area contributed by atoms with Gasteiger partial charge in [-0.05, 0) is 37.0 Å². The van der Waals surface area contributed by atoms with E-state index in [2.05, 4.69) is 13.8 Å². The number of nitrogens with two attached hydrogens (primary N) is 1. The standard InChI is InChI=1S/C16H23ClN2O/c1-11(2)10-19(15-5-3-4-6-15)16(20)12-7-13(17)9-14(18)8-12/h7-9,11,15H,3-6,10,18H2,1-2H3. The molecule has 0 atom stereocenters. The van der Waals surface area contributed by atoms with E-state index in [1.807, 2.05) is 4.90 Å². The van der Waals surface area contributed by atoms with E-state index in [4.69, 9.17) is 17.3 Å². The number of nitrogens with zero attached hydrogens (tertiary/aromatic N) is 1. The minimum atomic E-state index is 0.0554. The molecule has 110 valence electrons. The lowest BCUT2D eigenvalue weighted by Gasteiger charge is -2.31. The second-order valence-electron chi connectivity index (χ2n) is 6.06. The van der Waals surface area contributed by atoms with Gasteiger partial charge in [-0.15, -0.1) is 0 Å². The molecule has 1 fully saturated rings. The predicted octanol–water partition coefficient (Wildman–Crippen LogP) is 3.96. The number of hydrogen-bond acceptors (Lipinski definition) is 2. The third-order valence-corrected chi connectivity index (χ3v) is 3.97. The predicted molar refractivity (Wildman–Crippen MR) is 84.0 cm³/mol. The van der Waals surface area contributed by atoms with Crippen molar-refractivity contribution in [2.45, 2.75) is 45.6 Å². The fourth-order valence-electron chi connectivity index (χ4n) is 2.91. The molecule has 0 bridgehead atoms. The van der Waals surface area contributed by atoms with Crippen molar-refractivity contribution >= 4 is 23.2 Å². The zero-order chi connectivity index (χ0) is 14.7. The van der Waals surface area contributed by atoms with E-state index in [0.717, 1.165) is 19.4 Å². The number of rotatable bonds is 4. The third-order valence-electron chi connectivity index (χ3n) is 3.76. The number of amides is 1. The van der Waals surface area contributed by atoms with Crippen LogP contribution in [0.5, 0.6) is 0 Å². The Bertz CT molecular complexity index is 461. The topological polar surface area (TPSA) is 46.3 Å². The second kappa shape index (κ2) is 6.49. The van der Waals surface area contributed by atoms with Gasteiger partial charge in [0.05, 0.1) is 0 Å². The van der Waals surface area contributed by atoms with Crippen molar-refractivity contribution in [1.82, 2.24) is 4.90 Å². The van der Waals surface area contributed by atoms with Gasteiger partial charge in [-0.1, -0.05) is 38.3 Å². The van der Waals surface area contributed by atoms with Crippen LogP contribution < -0.4 is 5.73 Å². The largest absolute Gasteiger partial charge is 0.399 e. The highest BCUT2D eigenvalue weighted by Gasteiger charge is 2.28. The molecular weight excluding hydrogens is 272 g/mol. The van der Waals surface area contributed by atoms with Crippen LogP contribution in [0.15, 0.2) is 18.2 Å². The van der Waals surface area contributed by atoms with Gasteiger partial charge in [0.15, 0.2) is 0 Å². The molecule has 0 unspecified atom stereocenters. The summed E-state index contributed by atoms with van der Waals surface area (Å²) in [6.45, 7) is 5.07. The molecule has 0 radical (unpaired) electrons. The van der Waals surface area contributed by atoms with Crippen LogP contribution in [0.2, 0.25) is 5.02 Å². The summed E-state index contributed by atoms with van der Waals surface area (Å²) in [7, 11) is 0. The molecule has 0 spiro atoms. The Hall–Kier alpha value is -1.22. The Balaban J connectivity index is 2.24. The van der Waals surface area contributed by atoms with Crippen molar-refractivity contribution in [3.05, 3.63) is 28.8 Å². The van der Waals surface area contributed by atoms with E-state index in [1.165, 1.54) is 12.8 Å². The summed E-state index contributed by atoms with van der Waals surface area (Å²) >= 11 is 6.01. The van der Waals surface area contributed by atoms with Crippen molar-refractivity contribution in [3.63, 3.8) is 0 Å². The van der Waals surface area contributed by atoms with Gasteiger partial charge in [0.2, 0.25) is 0 Å². The molecular formula is C16H23ClN2O. The Morgan fingerprint density at radius 3 is 2.55 bits per heavy atom. The van der Waals surface area contributed by atoms with Crippen LogP contribution >= 0.6 is 11.6 Å². The summed E-state index contributed by atoms with van der Waals surface area (Å²) in [4.78, 5) is 14.8. The quantitative estimate of drug-likeness (QED) is 0.854. The van der Waals surface area contributed by atoms with Gasteiger partial charge in [-0.25, -0.2) is 0 Å². The van der Waals surface area contributed by atoms with E-state index in [-0.39, 0.29) is 5.91 Å². The molecule has 1 aromatic carbocycles. The van der Waals surface area contributed by atoms with Crippen LogP contribution in [0.3, 0.4) is 0 Å². The normalized spacial score (nSPS) is 15.8. The number of carbonyl (C=O) groups excluding carboxylic acids is 1. The van der Waals surface area contributed by atoms with Gasteiger partial charge in [0.1, 0.15) is 0 Å². The smallest absolute Gasteiger partial charge is 0.254 e. The molecule has 0 saturated heterocycles. The zero-order valence-corrected chi connectivity index (χ0v) is 13.0.